The van der Waals surface area contributed by atoms with Crippen molar-refractivity contribution in [1.82, 2.24) is 15.1 Å². The molecule has 1 heterocycles. The lowest BCUT2D eigenvalue weighted by Crippen LogP contribution is -2.38. The summed E-state index contributed by atoms with van der Waals surface area (Å²) in [4.78, 5) is 21.8. The predicted octanol–water partition coefficient (Wildman–Crippen LogP) is -0.0580. The van der Waals surface area contributed by atoms with E-state index in [1.807, 2.05) is 6.20 Å². The SMILES string of the molecule is CC(NC(=O)CCc1cnn(C)c1)C(=O)O. The van der Waals surface area contributed by atoms with E-state index in [0.29, 0.717) is 6.42 Å². The minimum atomic E-state index is -1.03. The summed E-state index contributed by atoms with van der Waals surface area (Å²) in [6, 6.07) is -0.846. The summed E-state index contributed by atoms with van der Waals surface area (Å²) in [6.07, 6.45) is 4.34. The lowest BCUT2D eigenvalue weighted by molar-refractivity contribution is -0.141. The third-order valence-corrected chi connectivity index (χ3v) is 2.15. The molecular formula is C10H15N3O3. The Bertz CT molecular complexity index is 386. The van der Waals surface area contributed by atoms with Gasteiger partial charge in [0.05, 0.1) is 6.20 Å². The molecular weight excluding hydrogens is 210 g/mol. The van der Waals surface area contributed by atoms with Crippen LogP contribution in [0.4, 0.5) is 0 Å². The molecule has 1 aromatic rings. The van der Waals surface area contributed by atoms with E-state index in [9.17, 15) is 9.59 Å². The molecule has 0 aliphatic heterocycles. The molecule has 6 nitrogen and oxygen atoms in total. The van der Waals surface area contributed by atoms with Gasteiger partial charge >= 0.3 is 5.97 Å². The van der Waals surface area contributed by atoms with Gasteiger partial charge in [0.25, 0.3) is 0 Å². The summed E-state index contributed by atoms with van der Waals surface area (Å²) in [5.74, 6) is -1.30. The van der Waals surface area contributed by atoms with Crippen molar-refractivity contribution in [1.29, 1.82) is 0 Å². The summed E-state index contributed by atoms with van der Waals surface area (Å²) in [6.45, 7) is 1.43. The zero-order valence-corrected chi connectivity index (χ0v) is 9.30. The highest BCUT2D eigenvalue weighted by Gasteiger charge is 2.13. The van der Waals surface area contributed by atoms with Crippen molar-refractivity contribution in [3.05, 3.63) is 18.0 Å². The van der Waals surface area contributed by atoms with Gasteiger partial charge < -0.3 is 10.4 Å². The van der Waals surface area contributed by atoms with E-state index in [2.05, 4.69) is 10.4 Å². The highest BCUT2D eigenvalue weighted by Crippen LogP contribution is 2.00. The number of nitrogens with zero attached hydrogens (tertiary/aromatic N) is 2. The van der Waals surface area contributed by atoms with Crippen molar-refractivity contribution in [2.24, 2.45) is 7.05 Å². The van der Waals surface area contributed by atoms with Crippen LogP contribution < -0.4 is 5.32 Å². The summed E-state index contributed by atoms with van der Waals surface area (Å²) in [5, 5.41) is 15.0. The molecule has 0 saturated heterocycles. The maximum atomic E-state index is 11.3. The molecule has 0 fully saturated rings. The second kappa shape index (κ2) is 5.29. The Morgan fingerprint density at radius 2 is 2.31 bits per heavy atom. The minimum absolute atomic E-state index is 0.265. The Labute approximate surface area is 93.3 Å². The molecule has 0 aliphatic rings. The van der Waals surface area contributed by atoms with Crippen molar-refractivity contribution in [2.45, 2.75) is 25.8 Å². The molecule has 0 radical (unpaired) electrons. The number of carboxylic acid groups (broad SMARTS) is 1. The van der Waals surface area contributed by atoms with Gasteiger partial charge in [-0.15, -0.1) is 0 Å². The van der Waals surface area contributed by atoms with E-state index in [1.54, 1.807) is 17.9 Å². The van der Waals surface area contributed by atoms with Crippen molar-refractivity contribution >= 4 is 11.9 Å². The van der Waals surface area contributed by atoms with Crippen molar-refractivity contribution in [3.63, 3.8) is 0 Å². The van der Waals surface area contributed by atoms with Gasteiger partial charge in [-0.3, -0.25) is 14.3 Å². The van der Waals surface area contributed by atoms with Crippen molar-refractivity contribution in [2.75, 3.05) is 0 Å². The lowest BCUT2D eigenvalue weighted by atomic mass is 10.2. The third-order valence-electron chi connectivity index (χ3n) is 2.15. The number of aliphatic carboxylic acids is 1. The zero-order valence-electron chi connectivity index (χ0n) is 9.30. The van der Waals surface area contributed by atoms with Crippen molar-refractivity contribution in [3.8, 4) is 0 Å². The van der Waals surface area contributed by atoms with Crippen LogP contribution in [0.3, 0.4) is 0 Å². The van der Waals surface area contributed by atoms with Gasteiger partial charge in [-0.25, -0.2) is 0 Å². The van der Waals surface area contributed by atoms with Crippen LogP contribution in [0.15, 0.2) is 12.4 Å². The molecule has 1 rings (SSSR count). The van der Waals surface area contributed by atoms with Gasteiger partial charge in [0.15, 0.2) is 0 Å². The largest absolute Gasteiger partial charge is 0.480 e. The fourth-order valence-corrected chi connectivity index (χ4v) is 1.23. The molecule has 0 saturated carbocycles. The number of hydrogen-bond acceptors (Lipinski definition) is 3. The van der Waals surface area contributed by atoms with Crippen LogP contribution in [-0.4, -0.2) is 32.8 Å². The standard InChI is InChI=1S/C10H15N3O3/c1-7(10(15)16)12-9(14)4-3-8-5-11-13(2)6-8/h5-7H,3-4H2,1-2H3,(H,12,14)(H,15,16). The third kappa shape index (κ3) is 3.72. The Kier molecular flexibility index (Phi) is 4.04. The average molecular weight is 225 g/mol. The highest BCUT2D eigenvalue weighted by molar-refractivity contribution is 5.83. The molecule has 0 aromatic carbocycles. The molecule has 2 N–H and O–H groups in total. The summed E-state index contributed by atoms with van der Waals surface area (Å²) in [7, 11) is 1.80. The monoisotopic (exact) mass is 225 g/mol. The molecule has 88 valence electrons. The Morgan fingerprint density at radius 3 is 2.81 bits per heavy atom. The maximum Gasteiger partial charge on any atom is 0.325 e. The van der Waals surface area contributed by atoms with Crippen LogP contribution in [0.5, 0.6) is 0 Å². The molecule has 0 spiro atoms. The number of aryl methyl sites for hydroxylation is 2. The second-order valence-corrected chi connectivity index (χ2v) is 3.65. The fourth-order valence-electron chi connectivity index (χ4n) is 1.23. The molecule has 1 aromatic heterocycles. The van der Waals surface area contributed by atoms with Gasteiger partial charge in [0.2, 0.25) is 5.91 Å². The average Bonchev–Trinajstić information content (AvgIpc) is 2.61. The summed E-state index contributed by atoms with van der Waals surface area (Å²) < 4.78 is 1.66. The topological polar surface area (TPSA) is 84.2 Å². The minimum Gasteiger partial charge on any atom is -0.480 e. The first kappa shape index (κ1) is 12.2. The first-order valence-corrected chi connectivity index (χ1v) is 4.98. The number of carboxylic acids is 1. The van der Waals surface area contributed by atoms with Gasteiger partial charge in [0.1, 0.15) is 6.04 Å². The Balaban J connectivity index is 2.33. The number of carbonyl (C=O) groups excluding carboxylic acids is 1. The molecule has 1 unspecified atom stereocenters. The summed E-state index contributed by atoms with van der Waals surface area (Å²) in [5.41, 5.74) is 0.959. The predicted molar refractivity (Wildman–Crippen MR) is 56.8 cm³/mol. The van der Waals surface area contributed by atoms with Crippen LogP contribution >= 0.6 is 0 Å². The van der Waals surface area contributed by atoms with Crippen molar-refractivity contribution < 1.29 is 14.7 Å². The first-order chi connectivity index (χ1) is 7.49. The van der Waals surface area contributed by atoms with E-state index < -0.39 is 12.0 Å². The fraction of sp³-hybridized carbons (Fsp3) is 0.500. The molecule has 1 amide bonds. The van der Waals surface area contributed by atoms with Crippen LogP contribution in [-0.2, 0) is 23.1 Å². The van der Waals surface area contributed by atoms with Gasteiger partial charge in [-0.1, -0.05) is 0 Å². The zero-order chi connectivity index (χ0) is 12.1. The maximum absolute atomic E-state index is 11.3. The van der Waals surface area contributed by atoms with Crippen LogP contribution in [0.1, 0.15) is 18.9 Å². The molecule has 6 heteroatoms. The molecule has 0 aliphatic carbocycles. The molecule has 0 bridgehead atoms. The van der Waals surface area contributed by atoms with Crippen LogP contribution in [0.25, 0.3) is 0 Å². The summed E-state index contributed by atoms with van der Waals surface area (Å²) >= 11 is 0. The quantitative estimate of drug-likeness (QED) is 0.735. The van der Waals surface area contributed by atoms with E-state index >= 15 is 0 Å². The smallest absolute Gasteiger partial charge is 0.325 e. The normalized spacial score (nSPS) is 12.1. The van der Waals surface area contributed by atoms with E-state index in [-0.39, 0.29) is 12.3 Å². The van der Waals surface area contributed by atoms with E-state index in [4.69, 9.17) is 5.11 Å². The van der Waals surface area contributed by atoms with E-state index in [1.165, 1.54) is 6.92 Å². The second-order valence-electron chi connectivity index (χ2n) is 3.65. The van der Waals surface area contributed by atoms with E-state index in [0.717, 1.165) is 5.56 Å². The Morgan fingerprint density at radius 1 is 1.62 bits per heavy atom. The van der Waals surface area contributed by atoms with Crippen LogP contribution in [0.2, 0.25) is 0 Å². The first-order valence-electron chi connectivity index (χ1n) is 4.98. The van der Waals surface area contributed by atoms with Crippen LogP contribution in [0, 0.1) is 0 Å². The number of amides is 1. The number of hydrogen-bond donors (Lipinski definition) is 2. The van der Waals surface area contributed by atoms with Gasteiger partial charge in [-0.2, -0.15) is 5.10 Å². The van der Waals surface area contributed by atoms with Gasteiger partial charge in [0, 0.05) is 19.7 Å². The molecule has 1 atom stereocenters. The number of carbonyl (C=O) groups is 2. The number of aromatic nitrogens is 2. The highest BCUT2D eigenvalue weighted by atomic mass is 16.4. The molecule has 16 heavy (non-hydrogen) atoms. The number of nitrogens with one attached hydrogen (secondary N) is 1. The Hall–Kier alpha value is -1.85. The van der Waals surface area contributed by atoms with Gasteiger partial charge in [-0.05, 0) is 18.9 Å². The number of rotatable bonds is 5. The lowest BCUT2D eigenvalue weighted by Gasteiger charge is -2.08.